The average molecular weight is 729 g/mol. The minimum Gasteiger partial charge on any atom is -0.456 e. The molecule has 56 heavy (non-hydrogen) atoms. The fourth-order valence-corrected chi connectivity index (χ4v) is 8.56. The van der Waals surface area contributed by atoms with Gasteiger partial charge in [0.25, 0.3) is 0 Å². The Morgan fingerprint density at radius 3 is 2.55 bits per heavy atom. The first-order valence-electron chi connectivity index (χ1n) is 19.6. The van der Waals surface area contributed by atoms with Gasteiger partial charge in [-0.05, 0) is 77.9 Å². The van der Waals surface area contributed by atoms with Crippen LogP contribution in [0.25, 0.3) is 61.1 Å². The van der Waals surface area contributed by atoms with Crippen LogP contribution >= 0.6 is 0 Å². The Kier molecular flexibility index (Phi) is 9.14. The van der Waals surface area contributed by atoms with Crippen molar-refractivity contribution in [2.75, 3.05) is 4.90 Å². The molecule has 274 valence electrons. The number of benzene rings is 5. The summed E-state index contributed by atoms with van der Waals surface area (Å²) in [5, 5.41) is 4.55. The van der Waals surface area contributed by atoms with Gasteiger partial charge in [0.05, 0.1) is 5.54 Å². The maximum Gasteiger partial charge on any atom is 0.164 e. The van der Waals surface area contributed by atoms with Crippen LogP contribution in [0.3, 0.4) is 0 Å². The molecule has 9 rings (SSSR count). The van der Waals surface area contributed by atoms with Crippen LogP contribution in [0.2, 0.25) is 0 Å². The van der Waals surface area contributed by atoms with Crippen LogP contribution in [-0.2, 0) is 0 Å². The standard InChI is InChI=1S/C51H44N4O/c1-5-7-8-10-19-34(3)32-37(18-6-2)49-52-48(36-21-11-9-12-22-36)53-50(54-49)40-24-17-26-45-46(40)41-33-38(28-30-44(41)56-45)55-43-29-27-35-20-13-14-23-39(35)47(43)42-25-15-16-31-51(42,55)4/h6-31,33-34,42H,2,5,32H2,1,3-4H3/b8-7-,19-10-,37-18+. The second-order valence-corrected chi connectivity index (χ2v) is 15.0. The second-order valence-electron chi connectivity index (χ2n) is 15.0. The number of allylic oxidation sites excluding steroid dienone is 9. The molecular formula is C51H44N4O. The number of rotatable bonds is 10. The molecule has 1 aliphatic heterocycles. The van der Waals surface area contributed by atoms with Gasteiger partial charge in [-0.15, -0.1) is 0 Å². The zero-order valence-corrected chi connectivity index (χ0v) is 32.1. The first kappa shape index (κ1) is 35.1. The SMILES string of the molecule is C=C/C=C(\CC(C)/C=C\C=C/CC)c1nc(-c2ccccc2)nc(-c2cccc3oc4ccc(N5c6ccc7ccccc7c6C6C=CC=CC65C)cc4c23)n1. The molecule has 0 fully saturated rings. The molecule has 0 amide bonds. The normalized spacial score (nSPS) is 18.4. The minimum atomic E-state index is -0.294. The summed E-state index contributed by atoms with van der Waals surface area (Å²) in [5.74, 6) is 2.32. The lowest BCUT2D eigenvalue weighted by Crippen LogP contribution is -2.41. The fourth-order valence-electron chi connectivity index (χ4n) is 8.56. The summed E-state index contributed by atoms with van der Waals surface area (Å²) in [5.41, 5.74) is 7.82. The van der Waals surface area contributed by atoms with E-state index in [9.17, 15) is 0 Å². The number of anilines is 2. The summed E-state index contributed by atoms with van der Waals surface area (Å²) >= 11 is 0. The van der Waals surface area contributed by atoms with E-state index in [1.165, 1.54) is 22.0 Å². The molecule has 5 aromatic carbocycles. The number of nitrogens with zero attached hydrogens (tertiary/aromatic N) is 4. The van der Waals surface area contributed by atoms with Gasteiger partial charge in [0, 0.05) is 39.2 Å². The van der Waals surface area contributed by atoms with Crippen LogP contribution in [0.5, 0.6) is 0 Å². The number of hydrogen-bond donors (Lipinski definition) is 0. The molecule has 2 aliphatic rings. The van der Waals surface area contributed by atoms with Gasteiger partial charge in [-0.3, -0.25) is 0 Å². The maximum absolute atomic E-state index is 6.58. The fraction of sp³-hybridized carbons (Fsp3) is 0.157. The van der Waals surface area contributed by atoms with E-state index in [2.05, 4.69) is 142 Å². The highest BCUT2D eigenvalue weighted by Crippen LogP contribution is 2.56. The molecule has 3 atom stereocenters. The third-order valence-corrected chi connectivity index (χ3v) is 11.2. The Hall–Kier alpha value is -6.59. The molecule has 2 aromatic heterocycles. The predicted octanol–water partition coefficient (Wildman–Crippen LogP) is 13.5. The van der Waals surface area contributed by atoms with Gasteiger partial charge < -0.3 is 9.32 Å². The largest absolute Gasteiger partial charge is 0.456 e. The number of fused-ring (bicyclic) bond motifs is 8. The quantitative estimate of drug-likeness (QED) is 0.131. The third kappa shape index (κ3) is 6.10. The highest BCUT2D eigenvalue weighted by Gasteiger charge is 2.47. The van der Waals surface area contributed by atoms with Crippen LogP contribution in [0.1, 0.15) is 50.9 Å². The molecule has 5 nitrogen and oxygen atoms in total. The Labute approximate surface area is 328 Å². The van der Waals surface area contributed by atoms with Gasteiger partial charge in [-0.2, -0.15) is 0 Å². The van der Waals surface area contributed by atoms with E-state index in [1.807, 2.05) is 54.6 Å². The number of furan rings is 1. The lowest BCUT2D eigenvalue weighted by Gasteiger charge is -2.39. The van der Waals surface area contributed by atoms with E-state index < -0.39 is 0 Å². The van der Waals surface area contributed by atoms with Crippen molar-refractivity contribution in [1.82, 2.24) is 15.0 Å². The van der Waals surface area contributed by atoms with Crippen LogP contribution in [0.15, 0.2) is 175 Å². The van der Waals surface area contributed by atoms with Crippen molar-refractivity contribution >= 4 is 49.7 Å². The smallest absolute Gasteiger partial charge is 0.164 e. The lowest BCUT2D eigenvalue weighted by atomic mass is 9.79. The van der Waals surface area contributed by atoms with Gasteiger partial charge in [-0.1, -0.05) is 154 Å². The Morgan fingerprint density at radius 2 is 1.70 bits per heavy atom. The Bertz CT molecular complexity index is 2780. The molecule has 0 saturated carbocycles. The summed E-state index contributed by atoms with van der Waals surface area (Å²) in [4.78, 5) is 18.0. The second kappa shape index (κ2) is 14.6. The third-order valence-electron chi connectivity index (χ3n) is 11.2. The van der Waals surface area contributed by atoms with E-state index in [1.54, 1.807) is 0 Å². The van der Waals surface area contributed by atoms with E-state index in [0.717, 1.165) is 57.2 Å². The summed E-state index contributed by atoms with van der Waals surface area (Å²) in [6.45, 7) is 10.8. The Balaban J connectivity index is 1.21. The molecule has 1 aliphatic carbocycles. The van der Waals surface area contributed by atoms with E-state index in [0.29, 0.717) is 17.5 Å². The van der Waals surface area contributed by atoms with Gasteiger partial charge >= 0.3 is 0 Å². The van der Waals surface area contributed by atoms with Gasteiger partial charge in [0.15, 0.2) is 17.5 Å². The van der Waals surface area contributed by atoms with Crippen LogP contribution < -0.4 is 4.90 Å². The van der Waals surface area contributed by atoms with Crippen molar-refractivity contribution in [3.63, 3.8) is 0 Å². The predicted molar refractivity (Wildman–Crippen MR) is 234 cm³/mol. The molecule has 0 radical (unpaired) electrons. The van der Waals surface area contributed by atoms with E-state index >= 15 is 0 Å². The minimum absolute atomic E-state index is 0.199. The lowest BCUT2D eigenvalue weighted by molar-refractivity contribution is 0.543. The number of aromatic nitrogens is 3. The van der Waals surface area contributed by atoms with Gasteiger partial charge in [0.2, 0.25) is 0 Å². The molecule has 3 unspecified atom stereocenters. The molecular weight excluding hydrogens is 685 g/mol. The van der Waals surface area contributed by atoms with Crippen LogP contribution in [0, 0.1) is 5.92 Å². The van der Waals surface area contributed by atoms with Crippen molar-refractivity contribution in [1.29, 1.82) is 0 Å². The zero-order chi connectivity index (χ0) is 38.2. The number of hydrogen-bond acceptors (Lipinski definition) is 5. The Morgan fingerprint density at radius 1 is 0.857 bits per heavy atom. The van der Waals surface area contributed by atoms with E-state index in [4.69, 9.17) is 19.4 Å². The van der Waals surface area contributed by atoms with Crippen molar-refractivity contribution < 1.29 is 4.42 Å². The van der Waals surface area contributed by atoms with Gasteiger partial charge in [-0.25, -0.2) is 15.0 Å². The molecule has 0 spiro atoms. The summed E-state index contributed by atoms with van der Waals surface area (Å²) in [6, 6.07) is 36.1. The summed E-state index contributed by atoms with van der Waals surface area (Å²) in [7, 11) is 0. The molecule has 0 N–H and O–H groups in total. The monoisotopic (exact) mass is 728 g/mol. The van der Waals surface area contributed by atoms with Crippen molar-refractivity contribution in [2.45, 2.75) is 45.1 Å². The first-order chi connectivity index (χ1) is 27.5. The molecule has 0 saturated heterocycles. The zero-order valence-electron chi connectivity index (χ0n) is 32.1. The topological polar surface area (TPSA) is 55.1 Å². The van der Waals surface area contributed by atoms with Crippen LogP contribution in [-0.4, -0.2) is 20.5 Å². The summed E-state index contributed by atoms with van der Waals surface area (Å²) < 4.78 is 6.58. The highest BCUT2D eigenvalue weighted by atomic mass is 16.3. The molecule has 0 bridgehead atoms. The van der Waals surface area contributed by atoms with E-state index in [-0.39, 0.29) is 17.4 Å². The summed E-state index contributed by atoms with van der Waals surface area (Å²) in [6.07, 6.45) is 23.3. The highest BCUT2D eigenvalue weighted by molar-refractivity contribution is 6.13. The maximum atomic E-state index is 6.58. The van der Waals surface area contributed by atoms with Crippen molar-refractivity contribution in [3.8, 4) is 22.8 Å². The average Bonchev–Trinajstić information content (AvgIpc) is 3.74. The van der Waals surface area contributed by atoms with Crippen LogP contribution in [0.4, 0.5) is 11.4 Å². The van der Waals surface area contributed by atoms with Crippen molar-refractivity contribution in [3.05, 3.63) is 182 Å². The molecule has 7 aromatic rings. The van der Waals surface area contributed by atoms with Gasteiger partial charge in [0.1, 0.15) is 11.2 Å². The molecule has 5 heteroatoms. The van der Waals surface area contributed by atoms with Crippen molar-refractivity contribution in [2.24, 2.45) is 5.92 Å². The first-order valence-corrected chi connectivity index (χ1v) is 19.6. The molecule has 3 heterocycles.